The lowest BCUT2D eigenvalue weighted by molar-refractivity contribution is 0.478. The second-order valence-electron chi connectivity index (χ2n) is 15.3. The fourth-order valence-corrected chi connectivity index (χ4v) is 9.67. The maximum Gasteiger partial charge on any atom is 0.160 e. The fraction of sp³-hybridized carbons (Fsp3) is 0. The molecule has 270 valence electrons. The Hall–Kier alpha value is -7.82. The van der Waals surface area contributed by atoms with Crippen molar-refractivity contribution in [1.82, 2.24) is 13.7 Å². The third-order valence-corrected chi connectivity index (χ3v) is 12.3. The Kier molecular flexibility index (Phi) is 6.41. The van der Waals surface area contributed by atoms with Crippen LogP contribution in [-0.4, -0.2) is 13.7 Å². The van der Waals surface area contributed by atoms with Gasteiger partial charge in [-0.15, -0.1) is 0 Å². The van der Waals surface area contributed by atoms with Crippen LogP contribution in [0.1, 0.15) is 0 Å². The van der Waals surface area contributed by atoms with Crippen LogP contribution in [0.3, 0.4) is 0 Å². The summed E-state index contributed by atoms with van der Waals surface area (Å²) in [7, 11) is 0. The molecule has 3 aromatic heterocycles. The lowest BCUT2D eigenvalue weighted by Crippen LogP contribution is -2.05. The summed E-state index contributed by atoms with van der Waals surface area (Å²) in [5, 5.41) is 7.44. The van der Waals surface area contributed by atoms with Crippen molar-refractivity contribution in [2.75, 3.05) is 0 Å². The molecule has 1 aliphatic heterocycles. The summed E-state index contributed by atoms with van der Waals surface area (Å²) in [6.07, 6.45) is 0. The van der Waals surface area contributed by atoms with Gasteiger partial charge in [-0.2, -0.15) is 0 Å². The molecular formula is C54H33N3O. The average molecular weight is 740 g/mol. The molecule has 12 aromatic rings. The van der Waals surface area contributed by atoms with E-state index in [9.17, 15) is 0 Å². The Morgan fingerprint density at radius 3 is 1.33 bits per heavy atom. The van der Waals surface area contributed by atoms with E-state index in [1.54, 1.807) is 0 Å². The van der Waals surface area contributed by atoms with Crippen molar-refractivity contribution in [1.29, 1.82) is 0 Å². The number of nitrogens with zero attached hydrogens (tertiary/aromatic N) is 3. The van der Waals surface area contributed by atoms with Crippen LogP contribution in [0.15, 0.2) is 200 Å². The molecule has 4 heterocycles. The number of fused-ring (bicyclic) bond motifs is 11. The average Bonchev–Trinajstić information content (AvgIpc) is 3.93. The highest BCUT2D eigenvalue weighted by Gasteiger charge is 2.27. The van der Waals surface area contributed by atoms with Gasteiger partial charge in [-0.3, -0.25) is 0 Å². The molecule has 0 fully saturated rings. The molecular weight excluding hydrogens is 707 g/mol. The minimum Gasteiger partial charge on any atom is -0.452 e. The summed E-state index contributed by atoms with van der Waals surface area (Å²) in [4.78, 5) is 0. The standard InChI is InChI=1S/C54H33N3O/c1-5-15-46-40(11-1)41-12-2-6-16-47(41)55(46)37-26-21-34(22-27-37)36-25-30-44-45-32-31-39(54-53(45)57(51(44)33-36)50-19-9-10-20-52(50)58-54)35-23-28-38(29-24-35)56-48-17-7-3-13-42(48)43-14-4-8-18-49(43)56/h1-33H. The van der Waals surface area contributed by atoms with Crippen molar-refractivity contribution in [3.8, 4) is 50.8 Å². The van der Waals surface area contributed by atoms with Gasteiger partial charge in [-0.1, -0.05) is 127 Å². The van der Waals surface area contributed by atoms with E-state index < -0.39 is 0 Å². The minimum absolute atomic E-state index is 0.851. The molecule has 0 spiro atoms. The first-order valence-corrected chi connectivity index (χ1v) is 19.8. The third-order valence-electron chi connectivity index (χ3n) is 12.3. The smallest absolute Gasteiger partial charge is 0.160 e. The predicted octanol–water partition coefficient (Wildman–Crippen LogP) is 14.4. The van der Waals surface area contributed by atoms with Gasteiger partial charge in [0.2, 0.25) is 0 Å². The van der Waals surface area contributed by atoms with E-state index in [4.69, 9.17) is 4.74 Å². The van der Waals surface area contributed by atoms with Gasteiger partial charge < -0.3 is 18.4 Å². The number of para-hydroxylation sites is 6. The third kappa shape index (κ3) is 4.34. The largest absolute Gasteiger partial charge is 0.452 e. The molecule has 0 bridgehead atoms. The van der Waals surface area contributed by atoms with Crippen molar-refractivity contribution in [3.63, 3.8) is 0 Å². The molecule has 0 atom stereocenters. The van der Waals surface area contributed by atoms with Crippen LogP contribution in [0.4, 0.5) is 0 Å². The molecule has 0 amide bonds. The topological polar surface area (TPSA) is 24.0 Å². The summed E-state index contributed by atoms with van der Waals surface area (Å²) in [6.45, 7) is 0. The summed E-state index contributed by atoms with van der Waals surface area (Å²) in [5.41, 5.74) is 15.0. The van der Waals surface area contributed by atoms with Crippen molar-refractivity contribution in [2.24, 2.45) is 0 Å². The van der Waals surface area contributed by atoms with Gasteiger partial charge in [0.1, 0.15) is 0 Å². The van der Waals surface area contributed by atoms with Gasteiger partial charge in [0.25, 0.3) is 0 Å². The molecule has 1 aliphatic rings. The van der Waals surface area contributed by atoms with E-state index >= 15 is 0 Å². The Morgan fingerprint density at radius 2 is 0.759 bits per heavy atom. The van der Waals surface area contributed by atoms with Crippen molar-refractivity contribution in [3.05, 3.63) is 200 Å². The number of benzene rings is 9. The highest BCUT2D eigenvalue weighted by Crippen LogP contribution is 2.50. The summed E-state index contributed by atoms with van der Waals surface area (Å²) in [6, 6.07) is 72.3. The van der Waals surface area contributed by atoms with E-state index in [1.165, 1.54) is 65.5 Å². The molecule has 4 heteroatoms. The van der Waals surface area contributed by atoms with E-state index in [-0.39, 0.29) is 0 Å². The maximum atomic E-state index is 6.88. The minimum atomic E-state index is 0.851. The molecule has 0 radical (unpaired) electrons. The van der Waals surface area contributed by atoms with Crippen LogP contribution in [0.25, 0.3) is 105 Å². The quantitative estimate of drug-likeness (QED) is 0.176. The molecule has 0 saturated carbocycles. The second kappa shape index (κ2) is 11.8. The normalized spacial score (nSPS) is 12.3. The molecule has 0 unspecified atom stereocenters. The van der Waals surface area contributed by atoms with Crippen molar-refractivity contribution < 1.29 is 4.74 Å². The van der Waals surface area contributed by atoms with Gasteiger partial charge >= 0.3 is 0 Å². The first-order chi connectivity index (χ1) is 28.8. The highest BCUT2D eigenvalue weighted by molar-refractivity contribution is 6.15. The van der Waals surface area contributed by atoms with E-state index in [2.05, 4.69) is 214 Å². The highest BCUT2D eigenvalue weighted by atomic mass is 16.5. The van der Waals surface area contributed by atoms with Crippen LogP contribution in [0.2, 0.25) is 0 Å². The zero-order valence-electron chi connectivity index (χ0n) is 31.3. The number of hydrogen-bond acceptors (Lipinski definition) is 1. The Balaban J connectivity index is 0.941. The lowest BCUT2D eigenvalue weighted by atomic mass is 10.00. The number of ether oxygens (including phenoxy) is 1. The Morgan fingerprint density at radius 1 is 0.310 bits per heavy atom. The maximum absolute atomic E-state index is 6.88. The fourth-order valence-electron chi connectivity index (χ4n) is 9.67. The van der Waals surface area contributed by atoms with Crippen LogP contribution in [0, 0.1) is 0 Å². The Bertz CT molecular complexity index is 3530. The van der Waals surface area contributed by atoms with E-state index in [0.717, 1.165) is 50.7 Å². The number of rotatable bonds is 4. The van der Waals surface area contributed by atoms with Gasteiger partial charge in [0, 0.05) is 49.3 Å². The van der Waals surface area contributed by atoms with Crippen LogP contribution in [-0.2, 0) is 0 Å². The van der Waals surface area contributed by atoms with Crippen molar-refractivity contribution >= 4 is 65.4 Å². The molecule has 58 heavy (non-hydrogen) atoms. The molecule has 0 N–H and O–H groups in total. The zero-order chi connectivity index (χ0) is 37.9. The SMILES string of the molecule is c1ccc2c(c1)Oc1c(-c3ccc(-n4c5ccccc5c5ccccc54)cc3)ccc3c4ccc(-c5ccc(-n6c7ccccc7c7ccccc76)cc5)cc4n-2c13. The molecule has 13 rings (SSSR count). The van der Waals surface area contributed by atoms with Crippen molar-refractivity contribution in [2.45, 2.75) is 0 Å². The van der Waals surface area contributed by atoms with Crippen LogP contribution >= 0.6 is 0 Å². The van der Waals surface area contributed by atoms with Gasteiger partial charge in [-0.05, 0) is 89.5 Å². The monoisotopic (exact) mass is 739 g/mol. The molecule has 0 saturated heterocycles. The van der Waals surface area contributed by atoms with Crippen LogP contribution in [0.5, 0.6) is 11.5 Å². The van der Waals surface area contributed by atoms with Gasteiger partial charge in [0.05, 0.1) is 38.8 Å². The van der Waals surface area contributed by atoms with E-state index in [1.807, 2.05) is 0 Å². The molecule has 9 aromatic carbocycles. The first kappa shape index (κ1) is 31.4. The van der Waals surface area contributed by atoms with Gasteiger partial charge in [-0.25, -0.2) is 0 Å². The summed E-state index contributed by atoms with van der Waals surface area (Å²) >= 11 is 0. The first-order valence-electron chi connectivity index (χ1n) is 19.8. The lowest BCUT2D eigenvalue weighted by Gasteiger charge is -2.23. The Labute approximate surface area is 333 Å². The van der Waals surface area contributed by atoms with Crippen LogP contribution < -0.4 is 4.74 Å². The summed E-state index contributed by atoms with van der Waals surface area (Å²) in [5.74, 6) is 1.73. The number of aromatic nitrogens is 3. The second-order valence-corrected chi connectivity index (χ2v) is 15.3. The summed E-state index contributed by atoms with van der Waals surface area (Å²) < 4.78 is 14.0. The molecule has 0 aliphatic carbocycles. The predicted molar refractivity (Wildman–Crippen MR) is 240 cm³/mol. The molecule has 4 nitrogen and oxygen atoms in total. The number of hydrogen-bond donors (Lipinski definition) is 0. The zero-order valence-corrected chi connectivity index (χ0v) is 31.3. The van der Waals surface area contributed by atoms with E-state index in [0.29, 0.717) is 0 Å². The van der Waals surface area contributed by atoms with Gasteiger partial charge in [0.15, 0.2) is 11.5 Å².